The summed E-state index contributed by atoms with van der Waals surface area (Å²) in [7, 11) is 0. The van der Waals surface area contributed by atoms with E-state index in [9.17, 15) is 9.59 Å². The number of carbonyl (C=O) groups excluding carboxylic acids is 1. The summed E-state index contributed by atoms with van der Waals surface area (Å²) in [5.41, 5.74) is 0.875. The van der Waals surface area contributed by atoms with Gasteiger partial charge in [-0.3, -0.25) is 9.59 Å². The van der Waals surface area contributed by atoms with E-state index in [0.29, 0.717) is 45.5 Å². The fraction of sp³-hybridized carbons (Fsp3) is 0.273. The second kappa shape index (κ2) is 10.6. The van der Waals surface area contributed by atoms with E-state index in [4.69, 9.17) is 21.1 Å². The third kappa shape index (κ3) is 5.22. The largest absolute Gasteiger partial charge is 0.490 e. The summed E-state index contributed by atoms with van der Waals surface area (Å²) >= 11 is 13.2. The summed E-state index contributed by atoms with van der Waals surface area (Å²) in [5, 5.41) is 5.03. The molecule has 0 N–H and O–H groups in total. The van der Waals surface area contributed by atoms with E-state index in [1.165, 1.54) is 17.8 Å². The first kappa shape index (κ1) is 24.4. The average molecular weight is 586 g/mol. The highest BCUT2D eigenvalue weighted by Crippen LogP contribution is 2.42. The molecule has 0 atom stereocenters. The predicted molar refractivity (Wildman–Crippen MR) is 132 cm³/mol. The van der Waals surface area contributed by atoms with Gasteiger partial charge < -0.3 is 9.47 Å². The van der Waals surface area contributed by atoms with Crippen molar-refractivity contribution in [3.05, 3.63) is 60.0 Å². The Bertz CT molecular complexity index is 1270. The number of rotatable bonds is 7. The maximum absolute atomic E-state index is 13.2. The summed E-state index contributed by atoms with van der Waals surface area (Å²) in [6.07, 6.45) is 2.86. The summed E-state index contributed by atoms with van der Waals surface area (Å²) in [6.45, 7) is 5.43. The van der Waals surface area contributed by atoms with Gasteiger partial charge in [0.15, 0.2) is 11.5 Å². The molecule has 0 radical (unpaired) electrons. The van der Waals surface area contributed by atoms with Crippen molar-refractivity contribution in [2.45, 2.75) is 33.6 Å². The highest BCUT2D eigenvalue weighted by Gasteiger charge is 2.19. The van der Waals surface area contributed by atoms with Crippen LogP contribution in [0.2, 0.25) is 5.02 Å². The van der Waals surface area contributed by atoms with Gasteiger partial charge in [-0.1, -0.05) is 34.5 Å². The van der Waals surface area contributed by atoms with Gasteiger partial charge in [0.25, 0.3) is 5.56 Å². The molecule has 2 aromatic carbocycles. The minimum Gasteiger partial charge on any atom is -0.490 e. The Morgan fingerprint density at radius 3 is 2.69 bits per heavy atom. The first-order valence-corrected chi connectivity index (χ1v) is 11.8. The molecule has 0 saturated carbocycles. The van der Waals surface area contributed by atoms with Crippen LogP contribution in [0.4, 0.5) is 0 Å². The number of fused-ring (bicyclic) bond motifs is 1. The van der Waals surface area contributed by atoms with Gasteiger partial charge >= 0.3 is 5.97 Å². The Labute approximate surface area is 206 Å². The topological polar surface area (TPSA) is 82.8 Å². The van der Waals surface area contributed by atoms with E-state index in [-0.39, 0.29) is 16.3 Å². The molecule has 0 bridgehead atoms. The lowest BCUT2D eigenvalue weighted by Crippen LogP contribution is -2.22. The average Bonchev–Trinajstić information content (AvgIpc) is 2.74. The SMILES string of the molecule is CCCc1nc2ccc(Br)cc2c(=O)n1N=Cc1cc(OCC)c(OC(C)=O)c(Cl)c1Br. The van der Waals surface area contributed by atoms with Crippen LogP contribution in [0.15, 0.2) is 43.1 Å². The van der Waals surface area contributed by atoms with Crippen molar-refractivity contribution < 1.29 is 14.3 Å². The zero-order valence-corrected chi connectivity index (χ0v) is 21.5. The summed E-state index contributed by atoms with van der Waals surface area (Å²) < 4.78 is 13.3. The van der Waals surface area contributed by atoms with Crippen LogP contribution >= 0.6 is 43.5 Å². The van der Waals surface area contributed by atoms with Gasteiger partial charge in [0.05, 0.1) is 23.7 Å². The lowest BCUT2D eigenvalue weighted by Gasteiger charge is -2.14. The van der Waals surface area contributed by atoms with E-state index in [1.54, 1.807) is 25.1 Å². The van der Waals surface area contributed by atoms with E-state index < -0.39 is 5.97 Å². The summed E-state index contributed by atoms with van der Waals surface area (Å²) in [4.78, 5) is 29.3. The van der Waals surface area contributed by atoms with Crippen molar-refractivity contribution in [3.8, 4) is 11.5 Å². The molecule has 1 heterocycles. The Morgan fingerprint density at radius 2 is 2.03 bits per heavy atom. The number of aryl methyl sites for hydroxylation is 1. The summed E-state index contributed by atoms with van der Waals surface area (Å²) in [5.74, 6) is 0.433. The number of aromatic nitrogens is 2. The van der Waals surface area contributed by atoms with Crippen LogP contribution < -0.4 is 15.0 Å². The molecule has 168 valence electrons. The monoisotopic (exact) mass is 583 g/mol. The fourth-order valence-electron chi connectivity index (χ4n) is 3.02. The van der Waals surface area contributed by atoms with Gasteiger partial charge in [0.2, 0.25) is 0 Å². The molecule has 0 aliphatic rings. The quantitative estimate of drug-likeness (QED) is 0.201. The maximum atomic E-state index is 13.2. The molecule has 0 saturated heterocycles. The Kier molecular flexibility index (Phi) is 8.08. The molecule has 32 heavy (non-hydrogen) atoms. The van der Waals surface area contributed by atoms with Crippen molar-refractivity contribution in [2.75, 3.05) is 6.61 Å². The second-order valence-electron chi connectivity index (χ2n) is 6.75. The Balaban J connectivity index is 2.16. The second-order valence-corrected chi connectivity index (χ2v) is 8.84. The number of nitrogens with zero attached hydrogens (tertiary/aromatic N) is 3. The molecule has 10 heteroatoms. The minimum absolute atomic E-state index is 0.117. The molecule has 3 rings (SSSR count). The zero-order valence-electron chi connectivity index (χ0n) is 17.6. The van der Waals surface area contributed by atoms with E-state index in [2.05, 4.69) is 41.9 Å². The van der Waals surface area contributed by atoms with Crippen molar-refractivity contribution in [1.82, 2.24) is 9.66 Å². The Hall–Kier alpha value is -2.23. The number of benzene rings is 2. The number of hydrogen-bond acceptors (Lipinski definition) is 6. The molecule has 0 amide bonds. The lowest BCUT2D eigenvalue weighted by atomic mass is 10.2. The molecule has 1 aromatic heterocycles. The van der Waals surface area contributed by atoms with Gasteiger partial charge in [-0.05, 0) is 53.5 Å². The van der Waals surface area contributed by atoms with Gasteiger partial charge in [-0.15, -0.1) is 0 Å². The van der Waals surface area contributed by atoms with Crippen LogP contribution in [-0.4, -0.2) is 28.5 Å². The van der Waals surface area contributed by atoms with Gasteiger partial charge in [-0.25, -0.2) is 4.98 Å². The fourth-order valence-corrected chi connectivity index (χ4v) is 4.02. The van der Waals surface area contributed by atoms with E-state index in [0.717, 1.165) is 10.9 Å². The number of esters is 1. The predicted octanol–water partition coefficient (Wildman–Crippen LogP) is 5.73. The van der Waals surface area contributed by atoms with Crippen molar-refractivity contribution in [3.63, 3.8) is 0 Å². The van der Waals surface area contributed by atoms with Crippen LogP contribution in [0.1, 0.15) is 38.6 Å². The van der Waals surface area contributed by atoms with Crippen LogP contribution in [0.3, 0.4) is 0 Å². The smallest absolute Gasteiger partial charge is 0.308 e. The van der Waals surface area contributed by atoms with Gasteiger partial charge in [0.1, 0.15) is 10.8 Å². The van der Waals surface area contributed by atoms with Crippen molar-refractivity contribution in [1.29, 1.82) is 0 Å². The maximum Gasteiger partial charge on any atom is 0.308 e. The molecule has 0 aliphatic heterocycles. The standard InChI is InChI=1S/C22H20Br2ClN3O4/c1-4-6-18-27-16-8-7-14(23)10-15(16)22(30)28(18)26-11-13-9-17(31-5-2)21(32-12(3)29)20(25)19(13)24/h7-11H,4-6H2,1-3H3. The van der Waals surface area contributed by atoms with E-state index >= 15 is 0 Å². The van der Waals surface area contributed by atoms with Gasteiger partial charge in [-0.2, -0.15) is 9.78 Å². The lowest BCUT2D eigenvalue weighted by molar-refractivity contribution is -0.132. The van der Waals surface area contributed by atoms with Crippen LogP contribution in [0, 0.1) is 0 Å². The number of carbonyl (C=O) groups is 1. The molecule has 3 aromatic rings. The highest BCUT2D eigenvalue weighted by molar-refractivity contribution is 9.10. The highest BCUT2D eigenvalue weighted by atomic mass is 79.9. The first-order chi connectivity index (χ1) is 15.3. The number of ether oxygens (including phenoxy) is 2. The molecule has 0 spiro atoms. The molecular weight excluding hydrogens is 566 g/mol. The molecular formula is C22H20Br2ClN3O4. The molecule has 0 unspecified atom stereocenters. The van der Waals surface area contributed by atoms with Crippen LogP contribution in [0.25, 0.3) is 10.9 Å². The molecule has 0 aliphatic carbocycles. The number of halogens is 3. The first-order valence-electron chi connectivity index (χ1n) is 9.85. The van der Waals surface area contributed by atoms with Crippen LogP contribution in [-0.2, 0) is 11.2 Å². The van der Waals surface area contributed by atoms with E-state index in [1.807, 2.05) is 13.0 Å². The third-order valence-corrected chi connectivity index (χ3v) is 6.30. The summed E-state index contributed by atoms with van der Waals surface area (Å²) in [6, 6.07) is 7.00. The van der Waals surface area contributed by atoms with Gasteiger partial charge in [0, 0.05) is 27.9 Å². The van der Waals surface area contributed by atoms with Crippen LogP contribution in [0.5, 0.6) is 11.5 Å². The number of hydrogen-bond donors (Lipinski definition) is 0. The normalized spacial score (nSPS) is 11.3. The Morgan fingerprint density at radius 1 is 1.28 bits per heavy atom. The van der Waals surface area contributed by atoms with Crippen molar-refractivity contribution >= 4 is 66.5 Å². The minimum atomic E-state index is -0.523. The van der Waals surface area contributed by atoms with Crippen molar-refractivity contribution in [2.24, 2.45) is 5.10 Å². The third-order valence-electron chi connectivity index (χ3n) is 4.36. The molecule has 0 fully saturated rings. The molecule has 7 nitrogen and oxygen atoms in total. The zero-order chi connectivity index (χ0) is 23.4.